The lowest BCUT2D eigenvalue weighted by molar-refractivity contribution is 0.0749. The number of hydrogen-bond acceptors (Lipinski definition) is 4. The second kappa shape index (κ2) is 6.26. The van der Waals surface area contributed by atoms with Crippen LogP contribution in [-0.4, -0.2) is 43.6 Å². The van der Waals surface area contributed by atoms with Crippen molar-refractivity contribution in [3.63, 3.8) is 0 Å². The topological polar surface area (TPSA) is 44.7 Å². The zero-order valence-electron chi connectivity index (χ0n) is 11.9. The van der Waals surface area contributed by atoms with Gasteiger partial charge in [0.15, 0.2) is 0 Å². The van der Waals surface area contributed by atoms with Crippen LogP contribution in [0.2, 0.25) is 0 Å². The van der Waals surface area contributed by atoms with Crippen LogP contribution in [-0.2, 0) is 4.74 Å². The predicted octanol–water partition coefficient (Wildman–Crippen LogP) is 2.10. The van der Waals surface area contributed by atoms with Gasteiger partial charge in [-0.25, -0.2) is 0 Å². The number of ether oxygens (including phenoxy) is 1. The molecule has 2 N–H and O–H groups in total. The molecule has 1 aliphatic rings. The van der Waals surface area contributed by atoms with Crippen molar-refractivity contribution in [2.75, 3.05) is 43.1 Å². The van der Waals surface area contributed by atoms with Crippen molar-refractivity contribution >= 4 is 11.4 Å². The summed E-state index contributed by atoms with van der Waals surface area (Å²) in [5.41, 5.74) is 1.73. The molecule has 4 heteroatoms. The largest absolute Gasteiger partial charge is 0.390 e. The molecule has 0 bridgehead atoms. The highest BCUT2D eigenvalue weighted by atomic mass is 16.5. The molecule has 106 valence electrons. The quantitative estimate of drug-likeness (QED) is 0.855. The number of aliphatic hydroxyl groups is 1. The molecule has 1 aromatic carbocycles. The van der Waals surface area contributed by atoms with Gasteiger partial charge in [-0.15, -0.1) is 0 Å². The van der Waals surface area contributed by atoms with Gasteiger partial charge in [0.25, 0.3) is 0 Å². The number of nitrogens with one attached hydrogen (secondary N) is 1. The first kappa shape index (κ1) is 14.2. The van der Waals surface area contributed by atoms with Crippen molar-refractivity contribution in [1.82, 2.24) is 0 Å². The van der Waals surface area contributed by atoms with Crippen LogP contribution in [0.1, 0.15) is 20.3 Å². The fraction of sp³-hybridized carbons (Fsp3) is 0.600. The molecule has 2 rings (SSSR count). The minimum absolute atomic E-state index is 0.610. The summed E-state index contributed by atoms with van der Waals surface area (Å²) in [6.45, 7) is 7.99. The molecule has 1 aliphatic heterocycles. The van der Waals surface area contributed by atoms with E-state index in [1.54, 1.807) is 0 Å². The summed E-state index contributed by atoms with van der Waals surface area (Å²) in [7, 11) is 0. The summed E-state index contributed by atoms with van der Waals surface area (Å²) in [5.74, 6) is 0. The van der Waals surface area contributed by atoms with E-state index in [9.17, 15) is 5.11 Å². The molecule has 0 atom stereocenters. The number of nitrogens with zero attached hydrogens (tertiary/aromatic N) is 1. The van der Waals surface area contributed by atoms with Gasteiger partial charge < -0.3 is 20.1 Å². The highest BCUT2D eigenvalue weighted by molar-refractivity contribution is 5.55. The van der Waals surface area contributed by atoms with Crippen molar-refractivity contribution in [3.8, 4) is 0 Å². The van der Waals surface area contributed by atoms with Crippen LogP contribution in [0.3, 0.4) is 0 Å². The molecule has 0 aliphatic carbocycles. The van der Waals surface area contributed by atoms with Gasteiger partial charge in [0.2, 0.25) is 0 Å². The fourth-order valence-electron chi connectivity index (χ4n) is 2.12. The van der Waals surface area contributed by atoms with Gasteiger partial charge in [0.1, 0.15) is 0 Å². The first-order chi connectivity index (χ1) is 9.04. The van der Waals surface area contributed by atoms with E-state index in [2.05, 4.69) is 34.5 Å². The van der Waals surface area contributed by atoms with Gasteiger partial charge >= 0.3 is 0 Å². The molecule has 1 heterocycles. The van der Waals surface area contributed by atoms with Crippen molar-refractivity contribution in [2.24, 2.45) is 0 Å². The first-order valence-electron chi connectivity index (χ1n) is 6.94. The smallest absolute Gasteiger partial charge is 0.0642 e. The van der Waals surface area contributed by atoms with Crippen LogP contribution < -0.4 is 10.2 Å². The minimum atomic E-state index is -0.610. The number of anilines is 2. The molecule has 0 unspecified atom stereocenters. The maximum absolute atomic E-state index is 9.65. The monoisotopic (exact) mass is 264 g/mol. The summed E-state index contributed by atoms with van der Waals surface area (Å²) in [6.07, 6.45) is 0.734. The van der Waals surface area contributed by atoms with E-state index in [1.807, 2.05) is 13.8 Å². The highest BCUT2D eigenvalue weighted by Gasteiger charge is 2.12. The maximum atomic E-state index is 9.65. The van der Waals surface area contributed by atoms with Crippen LogP contribution in [0.25, 0.3) is 0 Å². The van der Waals surface area contributed by atoms with Crippen molar-refractivity contribution in [2.45, 2.75) is 25.9 Å². The number of benzene rings is 1. The molecule has 1 fully saturated rings. The zero-order chi connectivity index (χ0) is 13.7. The summed E-state index contributed by atoms with van der Waals surface area (Å²) in [5, 5.41) is 13.0. The van der Waals surface area contributed by atoms with E-state index in [-0.39, 0.29) is 0 Å². The Labute approximate surface area is 115 Å². The zero-order valence-corrected chi connectivity index (χ0v) is 11.9. The Morgan fingerprint density at radius 1 is 1.21 bits per heavy atom. The standard InChI is InChI=1S/C15H24N2O2/c1-15(2,18)7-8-16-13-3-5-14(6-4-13)17-9-11-19-12-10-17/h3-6,16,18H,7-12H2,1-2H3. The lowest BCUT2D eigenvalue weighted by atomic mass is 10.1. The van der Waals surface area contributed by atoms with Gasteiger partial charge in [-0.2, -0.15) is 0 Å². The average Bonchev–Trinajstić information content (AvgIpc) is 2.39. The molecule has 0 saturated carbocycles. The molecule has 0 radical (unpaired) electrons. The van der Waals surface area contributed by atoms with E-state index in [4.69, 9.17) is 4.74 Å². The van der Waals surface area contributed by atoms with E-state index in [0.29, 0.717) is 0 Å². The molecule has 4 nitrogen and oxygen atoms in total. The van der Waals surface area contributed by atoms with E-state index >= 15 is 0 Å². The van der Waals surface area contributed by atoms with Gasteiger partial charge in [0.05, 0.1) is 18.8 Å². The first-order valence-corrected chi connectivity index (χ1v) is 6.94. The molecule has 19 heavy (non-hydrogen) atoms. The Kier molecular flexibility index (Phi) is 4.66. The van der Waals surface area contributed by atoms with Crippen LogP contribution in [0.4, 0.5) is 11.4 Å². The molecule has 0 amide bonds. The summed E-state index contributed by atoms with van der Waals surface area (Å²) >= 11 is 0. The third kappa shape index (κ3) is 4.73. The molecule has 0 aromatic heterocycles. The van der Waals surface area contributed by atoms with Crippen molar-refractivity contribution < 1.29 is 9.84 Å². The van der Waals surface area contributed by atoms with Gasteiger partial charge in [-0.05, 0) is 44.5 Å². The summed E-state index contributed by atoms with van der Waals surface area (Å²) in [4.78, 5) is 2.34. The third-order valence-electron chi connectivity index (χ3n) is 3.31. The molecule has 0 spiro atoms. The van der Waals surface area contributed by atoms with Gasteiger partial charge in [-0.1, -0.05) is 0 Å². The average molecular weight is 264 g/mol. The van der Waals surface area contributed by atoms with Crippen LogP contribution in [0.5, 0.6) is 0 Å². The lowest BCUT2D eigenvalue weighted by Gasteiger charge is -2.29. The SMILES string of the molecule is CC(C)(O)CCNc1ccc(N2CCOCC2)cc1. The normalized spacial score (nSPS) is 16.5. The fourth-order valence-corrected chi connectivity index (χ4v) is 2.12. The Bertz CT molecular complexity index is 378. The van der Waals surface area contributed by atoms with Crippen LogP contribution in [0, 0.1) is 0 Å². The lowest BCUT2D eigenvalue weighted by Crippen LogP contribution is -2.36. The molecule has 1 saturated heterocycles. The Balaban J connectivity index is 1.84. The predicted molar refractivity (Wildman–Crippen MR) is 78.9 cm³/mol. The Morgan fingerprint density at radius 3 is 2.42 bits per heavy atom. The Hall–Kier alpha value is -1.26. The van der Waals surface area contributed by atoms with Crippen LogP contribution >= 0.6 is 0 Å². The number of rotatable bonds is 5. The van der Waals surface area contributed by atoms with Crippen molar-refractivity contribution in [1.29, 1.82) is 0 Å². The second-order valence-corrected chi connectivity index (χ2v) is 5.64. The highest BCUT2D eigenvalue weighted by Crippen LogP contribution is 2.19. The van der Waals surface area contributed by atoms with Gasteiger partial charge in [-0.3, -0.25) is 0 Å². The van der Waals surface area contributed by atoms with E-state index in [0.717, 1.165) is 45.0 Å². The minimum Gasteiger partial charge on any atom is -0.390 e. The third-order valence-corrected chi connectivity index (χ3v) is 3.31. The number of hydrogen-bond donors (Lipinski definition) is 2. The Morgan fingerprint density at radius 2 is 1.84 bits per heavy atom. The van der Waals surface area contributed by atoms with Crippen molar-refractivity contribution in [3.05, 3.63) is 24.3 Å². The summed E-state index contributed by atoms with van der Waals surface area (Å²) < 4.78 is 5.35. The molecular weight excluding hydrogens is 240 g/mol. The van der Waals surface area contributed by atoms with E-state index < -0.39 is 5.60 Å². The molecular formula is C15H24N2O2. The van der Waals surface area contributed by atoms with E-state index in [1.165, 1.54) is 5.69 Å². The molecule has 1 aromatic rings. The maximum Gasteiger partial charge on any atom is 0.0642 e. The van der Waals surface area contributed by atoms with Crippen LogP contribution in [0.15, 0.2) is 24.3 Å². The van der Waals surface area contributed by atoms with Gasteiger partial charge in [0, 0.05) is 31.0 Å². The summed E-state index contributed by atoms with van der Waals surface area (Å²) in [6, 6.07) is 8.46. The second-order valence-electron chi connectivity index (χ2n) is 5.64. The number of morpholine rings is 1.